The van der Waals surface area contributed by atoms with Crippen LogP contribution in [0.3, 0.4) is 0 Å². The van der Waals surface area contributed by atoms with E-state index in [1.807, 2.05) is 60.8 Å². The third-order valence-corrected chi connectivity index (χ3v) is 3.72. The molecule has 0 aliphatic rings. The van der Waals surface area contributed by atoms with Gasteiger partial charge in [-0.15, -0.1) is 0 Å². The van der Waals surface area contributed by atoms with E-state index < -0.39 is 0 Å². The molecule has 0 amide bonds. The van der Waals surface area contributed by atoms with Crippen molar-refractivity contribution in [3.05, 3.63) is 90.5 Å². The molecule has 0 saturated carbocycles. The minimum absolute atomic E-state index is 0.168. The molecule has 4 aromatic rings. The maximum Gasteiger partial charge on any atom is 0.221 e. The number of hydrogen-bond donors (Lipinski definition) is 0. The number of ketones is 1. The monoisotopic (exact) mass is 314 g/mol. The predicted molar refractivity (Wildman–Crippen MR) is 93.1 cm³/mol. The van der Waals surface area contributed by atoms with Gasteiger partial charge in [0, 0.05) is 17.1 Å². The van der Waals surface area contributed by atoms with Crippen LogP contribution in [0.25, 0.3) is 22.7 Å². The van der Waals surface area contributed by atoms with Crippen molar-refractivity contribution in [1.82, 2.24) is 9.78 Å². The summed E-state index contributed by atoms with van der Waals surface area (Å²) in [6.07, 6.45) is 6.83. The highest BCUT2D eigenvalue weighted by Gasteiger charge is 2.09. The zero-order valence-electron chi connectivity index (χ0n) is 12.8. The van der Waals surface area contributed by atoms with Gasteiger partial charge in [-0.25, -0.2) is 4.68 Å². The number of benzene rings is 2. The first-order valence-corrected chi connectivity index (χ1v) is 7.61. The average molecular weight is 314 g/mol. The number of carbonyl (C=O) groups is 1. The van der Waals surface area contributed by atoms with E-state index in [2.05, 4.69) is 5.10 Å². The van der Waals surface area contributed by atoms with Crippen LogP contribution in [-0.4, -0.2) is 15.6 Å². The maximum atomic E-state index is 12.3. The molecule has 4 rings (SSSR count). The smallest absolute Gasteiger partial charge is 0.221 e. The largest absolute Gasteiger partial charge is 0.453 e. The maximum absolute atomic E-state index is 12.3. The molecular weight excluding hydrogens is 300 g/mol. The SMILES string of the molecule is O=C(/C=C/c1cnn(-c2ccccc2)c1)c1cc2ccccc2o1. The molecule has 0 aliphatic carbocycles. The summed E-state index contributed by atoms with van der Waals surface area (Å²) in [4.78, 5) is 12.3. The van der Waals surface area contributed by atoms with E-state index in [-0.39, 0.29) is 5.78 Å². The highest BCUT2D eigenvalue weighted by atomic mass is 16.3. The van der Waals surface area contributed by atoms with Gasteiger partial charge in [-0.3, -0.25) is 4.79 Å². The second kappa shape index (κ2) is 6.01. The fraction of sp³-hybridized carbons (Fsp3) is 0. The van der Waals surface area contributed by atoms with Crippen LogP contribution in [0.1, 0.15) is 16.1 Å². The summed E-state index contributed by atoms with van der Waals surface area (Å²) in [6, 6.07) is 19.1. The number of furan rings is 1. The Balaban J connectivity index is 1.54. The number of rotatable bonds is 4. The van der Waals surface area contributed by atoms with E-state index in [1.54, 1.807) is 23.0 Å². The van der Waals surface area contributed by atoms with E-state index in [0.29, 0.717) is 11.3 Å². The molecule has 0 radical (unpaired) electrons. The van der Waals surface area contributed by atoms with Crippen molar-refractivity contribution < 1.29 is 9.21 Å². The zero-order chi connectivity index (χ0) is 16.4. The average Bonchev–Trinajstić information content (AvgIpc) is 3.27. The highest BCUT2D eigenvalue weighted by molar-refractivity contribution is 6.06. The van der Waals surface area contributed by atoms with Gasteiger partial charge in [0.25, 0.3) is 0 Å². The van der Waals surface area contributed by atoms with Crippen molar-refractivity contribution >= 4 is 22.8 Å². The minimum atomic E-state index is -0.168. The van der Waals surface area contributed by atoms with E-state index in [0.717, 1.165) is 16.6 Å². The predicted octanol–water partition coefficient (Wildman–Crippen LogP) is 4.51. The Labute approximate surface area is 138 Å². The van der Waals surface area contributed by atoms with Gasteiger partial charge < -0.3 is 4.42 Å². The number of para-hydroxylation sites is 2. The molecule has 2 aromatic carbocycles. The van der Waals surface area contributed by atoms with Crippen molar-refractivity contribution in [2.75, 3.05) is 0 Å². The van der Waals surface area contributed by atoms with Crippen LogP contribution in [0, 0.1) is 0 Å². The number of nitrogens with zero attached hydrogens (tertiary/aromatic N) is 2. The lowest BCUT2D eigenvalue weighted by Crippen LogP contribution is -1.92. The summed E-state index contributed by atoms with van der Waals surface area (Å²) in [5, 5.41) is 5.22. The number of aromatic nitrogens is 2. The van der Waals surface area contributed by atoms with Gasteiger partial charge in [0.05, 0.1) is 11.9 Å². The van der Waals surface area contributed by atoms with Crippen molar-refractivity contribution in [2.45, 2.75) is 0 Å². The van der Waals surface area contributed by atoms with Gasteiger partial charge in [-0.2, -0.15) is 5.10 Å². The van der Waals surface area contributed by atoms with Gasteiger partial charge in [-0.05, 0) is 36.4 Å². The Bertz CT molecular complexity index is 993. The van der Waals surface area contributed by atoms with Crippen LogP contribution in [-0.2, 0) is 0 Å². The molecule has 0 fully saturated rings. The molecule has 2 aromatic heterocycles. The minimum Gasteiger partial charge on any atom is -0.453 e. The summed E-state index contributed by atoms with van der Waals surface area (Å²) in [6.45, 7) is 0. The third kappa shape index (κ3) is 2.77. The first-order chi connectivity index (χ1) is 11.8. The summed E-state index contributed by atoms with van der Waals surface area (Å²) in [5.74, 6) is 0.168. The molecule has 2 heterocycles. The van der Waals surface area contributed by atoms with Gasteiger partial charge in [0.2, 0.25) is 5.78 Å². The molecule has 0 unspecified atom stereocenters. The van der Waals surface area contributed by atoms with Crippen molar-refractivity contribution in [3.8, 4) is 5.69 Å². The number of hydrogen-bond acceptors (Lipinski definition) is 3. The van der Waals surface area contributed by atoms with Gasteiger partial charge in [0.1, 0.15) is 5.58 Å². The number of carbonyl (C=O) groups excluding carboxylic acids is 1. The Morgan fingerprint density at radius 2 is 1.83 bits per heavy atom. The Hall–Kier alpha value is -3.40. The summed E-state index contributed by atoms with van der Waals surface area (Å²) < 4.78 is 7.34. The molecule has 24 heavy (non-hydrogen) atoms. The second-order valence-electron chi connectivity index (χ2n) is 5.40. The number of fused-ring (bicyclic) bond motifs is 1. The molecule has 0 N–H and O–H groups in total. The topological polar surface area (TPSA) is 48.0 Å². The van der Waals surface area contributed by atoms with E-state index in [4.69, 9.17) is 4.42 Å². The van der Waals surface area contributed by atoms with Crippen molar-refractivity contribution in [1.29, 1.82) is 0 Å². The summed E-state index contributed by atoms with van der Waals surface area (Å²) in [5.41, 5.74) is 2.54. The third-order valence-electron chi connectivity index (χ3n) is 3.72. The molecule has 0 bridgehead atoms. The van der Waals surface area contributed by atoms with Crippen LogP contribution in [0.4, 0.5) is 0 Å². The molecule has 0 aliphatic heterocycles. The molecule has 4 heteroatoms. The van der Waals surface area contributed by atoms with Crippen molar-refractivity contribution in [2.24, 2.45) is 0 Å². The fourth-order valence-corrected chi connectivity index (χ4v) is 2.50. The molecule has 116 valence electrons. The van der Waals surface area contributed by atoms with Crippen LogP contribution < -0.4 is 0 Å². The normalized spacial score (nSPS) is 11.3. The fourth-order valence-electron chi connectivity index (χ4n) is 2.50. The van der Waals surface area contributed by atoms with Gasteiger partial charge >= 0.3 is 0 Å². The Kier molecular flexibility index (Phi) is 3.56. The van der Waals surface area contributed by atoms with E-state index in [1.165, 1.54) is 6.08 Å². The zero-order valence-corrected chi connectivity index (χ0v) is 12.8. The molecule has 0 atom stereocenters. The van der Waals surface area contributed by atoms with Crippen LogP contribution >= 0.6 is 0 Å². The standard InChI is InChI=1S/C20H14N2O2/c23-18(20-12-16-6-4-5-9-19(16)24-20)11-10-15-13-21-22(14-15)17-7-2-1-3-8-17/h1-14H/b11-10+. The Morgan fingerprint density at radius 3 is 2.67 bits per heavy atom. The summed E-state index contributed by atoms with van der Waals surface area (Å²) in [7, 11) is 0. The van der Waals surface area contributed by atoms with Crippen LogP contribution in [0.5, 0.6) is 0 Å². The van der Waals surface area contributed by atoms with Gasteiger partial charge in [-0.1, -0.05) is 36.4 Å². The quantitative estimate of drug-likeness (QED) is 0.411. The lowest BCUT2D eigenvalue weighted by molar-refractivity contribution is 0.102. The van der Waals surface area contributed by atoms with Gasteiger partial charge in [0.15, 0.2) is 5.76 Å². The molecule has 0 spiro atoms. The number of allylic oxidation sites excluding steroid dienone is 1. The van der Waals surface area contributed by atoms with E-state index >= 15 is 0 Å². The first-order valence-electron chi connectivity index (χ1n) is 7.61. The lowest BCUT2D eigenvalue weighted by Gasteiger charge is -1.98. The summed E-state index contributed by atoms with van der Waals surface area (Å²) >= 11 is 0. The lowest BCUT2D eigenvalue weighted by atomic mass is 10.2. The molecular formula is C20H14N2O2. The Morgan fingerprint density at radius 1 is 1.04 bits per heavy atom. The first kappa shape index (κ1) is 14.2. The molecule has 0 saturated heterocycles. The molecule has 4 nitrogen and oxygen atoms in total. The van der Waals surface area contributed by atoms with Crippen LogP contribution in [0.2, 0.25) is 0 Å². The highest BCUT2D eigenvalue weighted by Crippen LogP contribution is 2.19. The van der Waals surface area contributed by atoms with E-state index in [9.17, 15) is 4.79 Å². The van der Waals surface area contributed by atoms with Crippen LogP contribution in [0.15, 0.2) is 83.6 Å². The van der Waals surface area contributed by atoms with Crippen molar-refractivity contribution in [3.63, 3.8) is 0 Å². The second-order valence-corrected chi connectivity index (χ2v) is 5.40.